The minimum Gasteiger partial charge on any atom is -0.497 e. The largest absolute Gasteiger partial charge is 0.497 e. The fourth-order valence-corrected chi connectivity index (χ4v) is 2.45. The fourth-order valence-electron chi connectivity index (χ4n) is 2.45. The van der Waals surface area contributed by atoms with Gasteiger partial charge in [-0.25, -0.2) is 9.37 Å². The molecule has 0 aliphatic carbocycles. The number of methoxy groups -OCH3 is 3. The molecule has 3 aromatic rings. The molecule has 0 aliphatic heterocycles. The summed E-state index contributed by atoms with van der Waals surface area (Å²) in [4.78, 5) is 17.1. The average molecular weight is 330 g/mol. The first-order valence-corrected chi connectivity index (χ1v) is 7.06. The lowest BCUT2D eigenvalue weighted by Gasteiger charge is -2.11. The Bertz CT molecular complexity index is 969. The summed E-state index contributed by atoms with van der Waals surface area (Å²) in [5.41, 5.74) is 0.399. The highest BCUT2D eigenvalue weighted by Crippen LogP contribution is 2.28. The summed E-state index contributed by atoms with van der Waals surface area (Å²) in [7, 11) is 4.35. The number of hydrogen-bond donors (Lipinski definition) is 0. The topological polar surface area (TPSA) is 62.6 Å². The molecule has 0 saturated heterocycles. The summed E-state index contributed by atoms with van der Waals surface area (Å²) < 4.78 is 30.5. The van der Waals surface area contributed by atoms with Crippen molar-refractivity contribution in [3.8, 4) is 22.9 Å². The van der Waals surface area contributed by atoms with Gasteiger partial charge in [-0.3, -0.25) is 9.36 Å². The first-order valence-electron chi connectivity index (χ1n) is 7.06. The van der Waals surface area contributed by atoms with Crippen LogP contribution in [0.15, 0.2) is 41.5 Å². The Morgan fingerprint density at radius 2 is 1.75 bits per heavy atom. The third kappa shape index (κ3) is 2.54. The maximum atomic E-state index is 13.9. The molecule has 0 bridgehead atoms. The molecule has 24 heavy (non-hydrogen) atoms. The van der Waals surface area contributed by atoms with Crippen LogP contribution in [0.3, 0.4) is 0 Å². The molecule has 2 aromatic carbocycles. The van der Waals surface area contributed by atoms with Gasteiger partial charge in [-0.1, -0.05) is 0 Å². The zero-order chi connectivity index (χ0) is 17.3. The van der Waals surface area contributed by atoms with E-state index in [-0.39, 0.29) is 16.7 Å². The van der Waals surface area contributed by atoms with Crippen LogP contribution >= 0.6 is 0 Å². The Morgan fingerprint density at radius 3 is 2.38 bits per heavy atom. The van der Waals surface area contributed by atoms with Crippen LogP contribution in [0, 0.1) is 5.82 Å². The normalized spacial score (nSPS) is 10.7. The minimum absolute atomic E-state index is 0.0999. The van der Waals surface area contributed by atoms with Crippen LogP contribution in [0.25, 0.3) is 16.6 Å². The third-order valence-corrected chi connectivity index (χ3v) is 3.67. The molecule has 0 saturated carbocycles. The summed E-state index contributed by atoms with van der Waals surface area (Å²) in [6, 6.07) is 7.48. The summed E-state index contributed by atoms with van der Waals surface area (Å²) >= 11 is 0. The van der Waals surface area contributed by atoms with Crippen LogP contribution < -0.4 is 19.8 Å². The minimum atomic E-state index is -0.566. The van der Waals surface area contributed by atoms with E-state index in [1.165, 1.54) is 44.4 Å². The molecule has 0 fully saturated rings. The maximum absolute atomic E-state index is 13.9. The van der Waals surface area contributed by atoms with Gasteiger partial charge < -0.3 is 14.2 Å². The Morgan fingerprint density at radius 1 is 1.00 bits per heavy atom. The first-order chi connectivity index (χ1) is 11.6. The van der Waals surface area contributed by atoms with Crippen molar-refractivity contribution in [1.82, 2.24) is 9.55 Å². The van der Waals surface area contributed by atoms with Crippen LogP contribution in [0.5, 0.6) is 17.2 Å². The van der Waals surface area contributed by atoms with Crippen molar-refractivity contribution < 1.29 is 18.6 Å². The molecule has 0 spiro atoms. The molecule has 1 heterocycles. The number of fused-ring (bicyclic) bond motifs is 1. The van der Waals surface area contributed by atoms with Crippen LogP contribution in [-0.2, 0) is 0 Å². The highest BCUT2D eigenvalue weighted by atomic mass is 19.1. The Balaban J connectivity index is 2.26. The van der Waals surface area contributed by atoms with E-state index in [1.807, 2.05) is 0 Å². The lowest BCUT2D eigenvalue weighted by atomic mass is 10.2. The van der Waals surface area contributed by atoms with Crippen molar-refractivity contribution in [2.24, 2.45) is 0 Å². The molecule has 0 N–H and O–H groups in total. The standard InChI is InChI=1S/C17H15FN2O4/c1-22-11-7-13-16(15(8-11)24-3)17(21)20(9-19-13)10-4-5-14(23-2)12(18)6-10/h4-9H,1-3H3. The van der Waals surface area contributed by atoms with Gasteiger partial charge >= 0.3 is 0 Å². The van der Waals surface area contributed by atoms with E-state index in [0.717, 1.165) is 0 Å². The SMILES string of the molecule is COc1cc(OC)c2c(=O)n(-c3ccc(OC)c(F)c3)cnc2c1. The summed E-state index contributed by atoms with van der Waals surface area (Å²) in [5, 5.41) is 0.289. The van der Waals surface area contributed by atoms with Gasteiger partial charge in [-0.05, 0) is 12.1 Å². The quantitative estimate of drug-likeness (QED) is 0.736. The molecule has 0 radical (unpaired) electrons. The van der Waals surface area contributed by atoms with Crippen molar-refractivity contribution in [2.75, 3.05) is 21.3 Å². The van der Waals surface area contributed by atoms with Crippen molar-refractivity contribution >= 4 is 10.9 Å². The highest BCUT2D eigenvalue weighted by Gasteiger charge is 2.14. The van der Waals surface area contributed by atoms with Crippen LogP contribution in [0.1, 0.15) is 0 Å². The van der Waals surface area contributed by atoms with Gasteiger partial charge in [-0.2, -0.15) is 0 Å². The molecule has 1 aromatic heterocycles. The van der Waals surface area contributed by atoms with Gasteiger partial charge in [0.15, 0.2) is 11.6 Å². The van der Waals surface area contributed by atoms with Gasteiger partial charge in [0.2, 0.25) is 0 Å². The third-order valence-electron chi connectivity index (χ3n) is 3.67. The van der Waals surface area contributed by atoms with Gasteiger partial charge in [0, 0.05) is 18.2 Å². The second kappa shape index (κ2) is 6.19. The van der Waals surface area contributed by atoms with Crippen molar-refractivity contribution in [3.63, 3.8) is 0 Å². The predicted octanol–water partition coefficient (Wildman–Crippen LogP) is 2.55. The lowest BCUT2D eigenvalue weighted by molar-refractivity contribution is 0.386. The Kier molecular flexibility index (Phi) is 4.07. The zero-order valence-corrected chi connectivity index (χ0v) is 13.4. The molecule has 0 unspecified atom stereocenters. The van der Waals surface area contributed by atoms with Crippen molar-refractivity contribution in [1.29, 1.82) is 0 Å². The maximum Gasteiger partial charge on any atom is 0.269 e. The number of ether oxygens (including phenoxy) is 3. The lowest BCUT2D eigenvalue weighted by Crippen LogP contribution is -2.19. The fraction of sp³-hybridized carbons (Fsp3) is 0.176. The van der Waals surface area contributed by atoms with Crippen LogP contribution in [0.2, 0.25) is 0 Å². The molecule has 7 heteroatoms. The molecule has 0 aliphatic rings. The molecule has 3 rings (SSSR count). The summed E-state index contributed by atoms with van der Waals surface area (Å²) in [6.07, 6.45) is 1.34. The molecule has 124 valence electrons. The van der Waals surface area contributed by atoms with E-state index >= 15 is 0 Å². The zero-order valence-electron chi connectivity index (χ0n) is 13.4. The monoisotopic (exact) mass is 330 g/mol. The molecule has 6 nitrogen and oxygen atoms in total. The number of benzene rings is 2. The Hall–Kier alpha value is -3.09. The van der Waals surface area contributed by atoms with E-state index in [0.29, 0.717) is 22.7 Å². The van der Waals surface area contributed by atoms with E-state index in [1.54, 1.807) is 18.2 Å². The van der Waals surface area contributed by atoms with E-state index in [2.05, 4.69) is 4.98 Å². The highest BCUT2D eigenvalue weighted by molar-refractivity contribution is 5.86. The summed E-state index contributed by atoms with van der Waals surface area (Å²) in [6.45, 7) is 0. The van der Waals surface area contributed by atoms with Gasteiger partial charge in [-0.15, -0.1) is 0 Å². The van der Waals surface area contributed by atoms with Crippen LogP contribution in [0.4, 0.5) is 4.39 Å². The van der Waals surface area contributed by atoms with E-state index in [4.69, 9.17) is 14.2 Å². The number of nitrogens with zero attached hydrogens (tertiary/aromatic N) is 2. The number of halogens is 1. The second-order valence-electron chi connectivity index (χ2n) is 4.96. The first kappa shape index (κ1) is 15.8. The number of hydrogen-bond acceptors (Lipinski definition) is 5. The molecular weight excluding hydrogens is 315 g/mol. The van der Waals surface area contributed by atoms with E-state index in [9.17, 15) is 9.18 Å². The van der Waals surface area contributed by atoms with Gasteiger partial charge in [0.1, 0.15) is 23.2 Å². The molecular formula is C17H15FN2O4. The second-order valence-corrected chi connectivity index (χ2v) is 4.96. The summed E-state index contributed by atoms with van der Waals surface area (Å²) in [5.74, 6) is 0.399. The van der Waals surface area contributed by atoms with Gasteiger partial charge in [0.05, 0.1) is 32.5 Å². The smallest absolute Gasteiger partial charge is 0.269 e. The molecule has 0 amide bonds. The number of rotatable bonds is 4. The average Bonchev–Trinajstić information content (AvgIpc) is 2.60. The van der Waals surface area contributed by atoms with Gasteiger partial charge in [0.25, 0.3) is 5.56 Å². The van der Waals surface area contributed by atoms with Crippen LogP contribution in [-0.4, -0.2) is 30.9 Å². The van der Waals surface area contributed by atoms with Crippen molar-refractivity contribution in [2.45, 2.75) is 0 Å². The van der Waals surface area contributed by atoms with Crippen molar-refractivity contribution in [3.05, 3.63) is 52.8 Å². The molecule has 0 atom stereocenters. The Labute approximate surface area is 137 Å². The number of aromatic nitrogens is 2. The predicted molar refractivity (Wildman–Crippen MR) is 87.0 cm³/mol. The van der Waals surface area contributed by atoms with E-state index < -0.39 is 5.82 Å².